The van der Waals surface area contributed by atoms with E-state index in [1.165, 1.54) is 0 Å². The van der Waals surface area contributed by atoms with E-state index in [4.69, 9.17) is 4.74 Å². The number of ether oxygens (including phenoxy) is 1. The van der Waals surface area contributed by atoms with Crippen molar-refractivity contribution in [2.45, 2.75) is 11.8 Å². The minimum atomic E-state index is -0.317. The zero-order chi connectivity index (χ0) is 8.97. The van der Waals surface area contributed by atoms with E-state index in [2.05, 4.69) is 12.6 Å². The molecule has 0 aliphatic rings. The Hall–Kier alpha value is 0.0400. The number of benzene rings is 1. The van der Waals surface area contributed by atoms with E-state index in [0.717, 1.165) is 0 Å². The molecule has 0 saturated carbocycles. The minimum absolute atomic E-state index is 0. The summed E-state index contributed by atoms with van der Waals surface area (Å²) in [5.74, 6) is -0.317. The summed E-state index contributed by atoms with van der Waals surface area (Å²) in [7, 11) is 0. The molecule has 66 valence electrons. The Kier molecular flexibility index (Phi) is 6.51. The van der Waals surface area contributed by atoms with Crippen LogP contribution in [0, 0.1) is 0 Å². The molecule has 2 nitrogen and oxygen atoms in total. The molecule has 0 aromatic heterocycles. The molecule has 4 heteroatoms. The average molecular weight is 206 g/mol. The molecule has 0 spiro atoms. The van der Waals surface area contributed by atoms with E-state index in [1.54, 1.807) is 25.1 Å². The van der Waals surface area contributed by atoms with Gasteiger partial charge in [-0.25, -0.2) is 4.79 Å². The number of rotatable bonds is 2. The van der Waals surface area contributed by atoms with Crippen molar-refractivity contribution in [1.29, 1.82) is 0 Å². The first kappa shape index (κ1) is 13.0. The van der Waals surface area contributed by atoms with Crippen LogP contribution in [0.2, 0.25) is 0 Å². The van der Waals surface area contributed by atoms with Crippen molar-refractivity contribution >= 4 is 18.6 Å². The van der Waals surface area contributed by atoms with E-state index in [1.807, 2.05) is 6.07 Å². The molecule has 0 saturated heterocycles. The first-order chi connectivity index (χ1) is 5.75. The second-order valence-corrected chi connectivity index (χ2v) is 2.72. The van der Waals surface area contributed by atoms with Crippen molar-refractivity contribution in [3.63, 3.8) is 0 Å². The van der Waals surface area contributed by atoms with Crippen LogP contribution >= 0.6 is 12.6 Å². The molecular weight excluding hydrogens is 195 g/mol. The number of hydrogen-bond acceptors (Lipinski definition) is 3. The first-order valence-electron chi connectivity index (χ1n) is 3.70. The Balaban J connectivity index is 0. The van der Waals surface area contributed by atoms with Crippen molar-refractivity contribution < 1.29 is 40.5 Å². The fourth-order valence-corrected chi connectivity index (χ4v) is 1.11. The Bertz CT molecular complexity index is 294. The van der Waals surface area contributed by atoms with Crippen molar-refractivity contribution in [3.05, 3.63) is 29.8 Å². The van der Waals surface area contributed by atoms with E-state index >= 15 is 0 Å². The molecule has 0 aliphatic heterocycles. The van der Waals surface area contributed by atoms with Crippen LogP contribution in [0.3, 0.4) is 0 Å². The third-order valence-electron chi connectivity index (χ3n) is 1.40. The fourth-order valence-electron chi connectivity index (χ4n) is 0.855. The smallest absolute Gasteiger partial charge is 1.00 e. The van der Waals surface area contributed by atoms with Crippen LogP contribution in [0.5, 0.6) is 0 Å². The van der Waals surface area contributed by atoms with Gasteiger partial charge in [0.2, 0.25) is 0 Å². The van der Waals surface area contributed by atoms with Gasteiger partial charge in [-0.05, 0) is 19.1 Å². The van der Waals surface area contributed by atoms with Crippen LogP contribution in [0.25, 0.3) is 0 Å². The summed E-state index contributed by atoms with van der Waals surface area (Å²) < 4.78 is 4.82. The summed E-state index contributed by atoms with van der Waals surface area (Å²) in [6.07, 6.45) is 0. The molecule has 0 amide bonds. The van der Waals surface area contributed by atoms with E-state index in [9.17, 15) is 4.79 Å². The second-order valence-electron chi connectivity index (χ2n) is 2.24. The van der Waals surface area contributed by atoms with E-state index in [0.29, 0.717) is 17.1 Å². The maximum atomic E-state index is 11.2. The third-order valence-corrected chi connectivity index (χ3v) is 1.79. The number of carbonyl (C=O) groups excluding carboxylic acids is 1. The minimum Gasteiger partial charge on any atom is -1.00 e. The second kappa shape index (κ2) is 6.49. The van der Waals surface area contributed by atoms with Crippen LogP contribution in [0.1, 0.15) is 18.7 Å². The Morgan fingerprint density at radius 2 is 2.15 bits per heavy atom. The Morgan fingerprint density at radius 1 is 1.54 bits per heavy atom. The van der Waals surface area contributed by atoms with Crippen LogP contribution in [-0.4, -0.2) is 12.6 Å². The predicted octanol–water partition coefficient (Wildman–Crippen LogP) is -0.732. The molecule has 1 rings (SSSR count). The number of thiol groups is 1. The molecule has 0 N–H and O–H groups in total. The largest absolute Gasteiger partial charge is 1.00 e. The predicted molar refractivity (Wildman–Crippen MR) is 50.8 cm³/mol. The number of carbonyl (C=O) groups is 1. The normalized spacial score (nSPS) is 8.77. The quantitative estimate of drug-likeness (QED) is 0.392. The molecule has 0 heterocycles. The van der Waals surface area contributed by atoms with Gasteiger partial charge in [0.25, 0.3) is 0 Å². The Labute approximate surface area is 107 Å². The summed E-state index contributed by atoms with van der Waals surface area (Å²) in [5, 5.41) is 0. The molecular formula is C9H11NaO2S. The van der Waals surface area contributed by atoms with Gasteiger partial charge in [-0.3, -0.25) is 0 Å². The molecule has 0 unspecified atom stereocenters. The number of esters is 1. The van der Waals surface area contributed by atoms with Crippen LogP contribution < -0.4 is 29.6 Å². The van der Waals surface area contributed by atoms with Crippen LogP contribution in [0.15, 0.2) is 29.2 Å². The maximum absolute atomic E-state index is 11.2. The fraction of sp³-hybridized carbons (Fsp3) is 0.222. The van der Waals surface area contributed by atoms with E-state index in [-0.39, 0.29) is 37.0 Å². The van der Waals surface area contributed by atoms with Gasteiger partial charge in [-0.15, -0.1) is 12.6 Å². The molecule has 1 aromatic rings. The SMILES string of the molecule is CCOC(=O)c1ccccc1S.[H-].[Na+]. The molecule has 0 radical (unpaired) electrons. The molecule has 1 aromatic carbocycles. The van der Waals surface area contributed by atoms with Gasteiger partial charge in [-0.2, -0.15) is 0 Å². The summed E-state index contributed by atoms with van der Waals surface area (Å²) in [6.45, 7) is 2.17. The summed E-state index contributed by atoms with van der Waals surface area (Å²) in [5.41, 5.74) is 0.516. The van der Waals surface area contributed by atoms with Crippen molar-refractivity contribution in [1.82, 2.24) is 0 Å². The van der Waals surface area contributed by atoms with Gasteiger partial charge < -0.3 is 6.16 Å². The molecule has 0 aliphatic carbocycles. The van der Waals surface area contributed by atoms with Crippen LogP contribution in [-0.2, 0) is 4.74 Å². The monoisotopic (exact) mass is 206 g/mol. The standard InChI is InChI=1S/C9H10O2S.Na.H/c1-2-11-9(10)7-5-3-4-6-8(7)12;;/h3-6,12H,2H2,1H3;;/q;+1;-1. The topological polar surface area (TPSA) is 26.3 Å². The molecule has 13 heavy (non-hydrogen) atoms. The van der Waals surface area contributed by atoms with Gasteiger partial charge in [0.05, 0.1) is 12.2 Å². The average Bonchev–Trinajstić information content (AvgIpc) is 2.05. The maximum Gasteiger partial charge on any atom is 1.00 e. The third kappa shape index (κ3) is 3.73. The van der Waals surface area contributed by atoms with E-state index < -0.39 is 0 Å². The van der Waals surface area contributed by atoms with Crippen molar-refractivity contribution in [2.75, 3.05) is 6.61 Å². The summed E-state index contributed by atoms with van der Waals surface area (Å²) in [6, 6.07) is 7.06. The molecule has 0 bridgehead atoms. The summed E-state index contributed by atoms with van der Waals surface area (Å²) in [4.78, 5) is 11.8. The first-order valence-corrected chi connectivity index (χ1v) is 4.15. The zero-order valence-electron chi connectivity index (χ0n) is 8.78. The molecule has 0 fully saturated rings. The zero-order valence-corrected chi connectivity index (χ0v) is 10.7. The van der Waals surface area contributed by atoms with Crippen molar-refractivity contribution in [2.24, 2.45) is 0 Å². The van der Waals surface area contributed by atoms with Gasteiger partial charge >= 0.3 is 35.5 Å². The summed E-state index contributed by atoms with van der Waals surface area (Å²) >= 11 is 4.13. The van der Waals surface area contributed by atoms with Gasteiger partial charge in [-0.1, -0.05) is 12.1 Å². The number of hydrogen-bond donors (Lipinski definition) is 1. The Morgan fingerprint density at radius 3 is 2.69 bits per heavy atom. The van der Waals surface area contributed by atoms with Gasteiger partial charge in [0.15, 0.2) is 0 Å². The van der Waals surface area contributed by atoms with Gasteiger partial charge in [0.1, 0.15) is 0 Å². The van der Waals surface area contributed by atoms with Gasteiger partial charge in [0, 0.05) is 4.90 Å². The van der Waals surface area contributed by atoms with Crippen molar-refractivity contribution in [3.8, 4) is 0 Å². The van der Waals surface area contributed by atoms with Crippen LogP contribution in [0.4, 0.5) is 0 Å². The molecule has 0 atom stereocenters.